The van der Waals surface area contributed by atoms with Gasteiger partial charge in [0.15, 0.2) is 0 Å². The molecular formula is C16H22BrFN2O. The molecule has 0 bridgehead atoms. The molecule has 1 amide bonds. The molecule has 1 aliphatic heterocycles. The molecule has 1 aliphatic rings. The van der Waals surface area contributed by atoms with E-state index in [1.54, 1.807) is 6.07 Å². The summed E-state index contributed by atoms with van der Waals surface area (Å²) in [6.45, 7) is 4.47. The number of benzene rings is 1. The van der Waals surface area contributed by atoms with Crippen LogP contribution in [0.25, 0.3) is 0 Å². The molecule has 0 radical (unpaired) electrons. The first-order valence-electron chi connectivity index (χ1n) is 7.57. The summed E-state index contributed by atoms with van der Waals surface area (Å²) in [7, 11) is 0. The number of halogens is 2. The molecular weight excluding hydrogens is 335 g/mol. The first kappa shape index (κ1) is 16.4. The molecule has 21 heavy (non-hydrogen) atoms. The number of carbonyl (C=O) groups is 1. The number of carbonyl (C=O) groups excluding carboxylic acids is 1. The molecule has 1 heterocycles. The molecule has 1 aromatic carbocycles. The number of nitrogens with zero attached hydrogens (tertiary/aromatic N) is 1. The fourth-order valence-electron chi connectivity index (χ4n) is 2.80. The molecule has 0 spiro atoms. The number of piperidine rings is 1. The van der Waals surface area contributed by atoms with Gasteiger partial charge in [0.1, 0.15) is 5.82 Å². The van der Waals surface area contributed by atoms with Gasteiger partial charge in [0.25, 0.3) is 0 Å². The van der Waals surface area contributed by atoms with Gasteiger partial charge in [0.05, 0.1) is 10.5 Å². The zero-order chi connectivity index (χ0) is 15.2. The van der Waals surface area contributed by atoms with Crippen molar-refractivity contribution in [3.8, 4) is 0 Å². The van der Waals surface area contributed by atoms with E-state index >= 15 is 0 Å². The smallest absolute Gasteiger partial charge is 0.237 e. The highest BCUT2D eigenvalue weighted by Gasteiger charge is 2.27. The molecule has 3 nitrogen and oxygen atoms in total. The summed E-state index contributed by atoms with van der Waals surface area (Å²) >= 11 is 3.13. The predicted octanol–water partition coefficient (Wildman–Crippen LogP) is 3.47. The Kier molecular flexibility index (Phi) is 6.18. The van der Waals surface area contributed by atoms with Crippen molar-refractivity contribution < 1.29 is 9.18 Å². The second kappa shape index (κ2) is 7.90. The minimum Gasteiger partial charge on any atom is -0.351 e. The Morgan fingerprint density at radius 2 is 2.29 bits per heavy atom. The molecule has 5 heteroatoms. The first-order valence-corrected chi connectivity index (χ1v) is 8.36. The molecule has 1 N–H and O–H groups in total. The maximum Gasteiger partial charge on any atom is 0.237 e. The highest BCUT2D eigenvalue weighted by molar-refractivity contribution is 9.10. The van der Waals surface area contributed by atoms with E-state index in [4.69, 9.17) is 0 Å². The fourth-order valence-corrected chi connectivity index (χ4v) is 3.05. The number of nitrogens with one attached hydrogen (secondary N) is 1. The molecule has 1 atom stereocenters. The van der Waals surface area contributed by atoms with Crippen LogP contribution in [-0.4, -0.2) is 29.9 Å². The van der Waals surface area contributed by atoms with Crippen LogP contribution >= 0.6 is 15.9 Å². The Morgan fingerprint density at radius 3 is 3.00 bits per heavy atom. The Balaban J connectivity index is 1.92. The monoisotopic (exact) mass is 356 g/mol. The van der Waals surface area contributed by atoms with Gasteiger partial charge in [-0.2, -0.15) is 0 Å². The van der Waals surface area contributed by atoms with Crippen LogP contribution in [0.4, 0.5) is 4.39 Å². The van der Waals surface area contributed by atoms with E-state index in [0.29, 0.717) is 11.0 Å². The lowest BCUT2D eigenvalue weighted by atomic mass is 10.0. The summed E-state index contributed by atoms with van der Waals surface area (Å²) in [4.78, 5) is 14.6. The second-order valence-electron chi connectivity index (χ2n) is 5.51. The fraction of sp³-hybridized carbons (Fsp3) is 0.562. The van der Waals surface area contributed by atoms with Crippen LogP contribution in [0.15, 0.2) is 22.7 Å². The third-order valence-electron chi connectivity index (χ3n) is 3.88. The van der Waals surface area contributed by atoms with Gasteiger partial charge in [-0.15, -0.1) is 0 Å². The van der Waals surface area contributed by atoms with Crippen molar-refractivity contribution in [3.05, 3.63) is 34.1 Å². The third-order valence-corrected chi connectivity index (χ3v) is 4.52. The lowest BCUT2D eigenvalue weighted by Crippen LogP contribution is -2.49. The quantitative estimate of drug-likeness (QED) is 0.875. The summed E-state index contributed by atoms with van der Waals surface area (Å²) in [5.74, 6) is -0.237. The van der Waals surface area contributed by atoms with E-state index in [1.807, 2.05) is 6.07 Å². The molecule has 116 valence electrons. The molecule has 1 unspecified atom stereocenters. The van der Waals surface area contributed by atoms with Crippen molar-refractivity contribution in [2.75, 3.05) is 13.1 Å². The summed E-state index contributed by atoms with van der Waals surface area (Å²) in [6.07, 6.45) is 4.25. The zero-order valence-corrected chi connectivity index (χ0v) is 14.0. The summed E-state index contributed by atoms with van der Waals surface area (Å²) < 4.78 is 13.9. The number of hydrogen-bond acceptors (Lipinski definition) is 2. The minimum absolute atomic E-state index is 0.0287. The van der Waals surface area contributed by atoms with Crippen LogP contribution in [0.3, 0.4) is 0 Å². The van der Waals surface area contributed by atoms with Gasteiger partial charge in [-0.25, -0.2) is 4.39 Å². The SMILES string of the molecule is CCCN1CCCCC1C(=O)NCc1ccc(Br)c(F)c1. The highest BCUT2D eigenvalue weighted by Crippen LogP contribution is 2.18. The molecule has 1 saturated heterocycles. The van der Waals surface area contributed by atoms with Gasteiger partial charge < -0.3 is 5.32 Å². The summed E-state index contributed by atoms with van der Waals surface area (Å²) in [5, 5.41) is 2.94. The van der Waals surface area contributed by atoms with Gasteiger partial charge >= 0.3 is 0 Å². The Morgan fingerprint density at radius 1 is 1.48 bits per heavy atom. The van der Waals surface area contributed by atoms with Crippen LogP contribution in [-0.2, 0) is 11.3 Å². The zero-order valence-electron chi connectivity index (χ0n) is 12.4. The number of rotatable bonds is 5. The average molecular weight is 357 g/mol. The van der Waals surface area contributed by atoms with Crippen LogP contribution in [0.5, 0.6) is 0 Å². The first-order chi connectivity index (χ1) is 10.1. The standard InChI is InChI=1S/C16H22BrFN2O/c1-2-8-20-9-4-3-5-15(20)16(21)19-11-12-6-7-13(17)14(18)10-12/h6-7,10,15H,2-5,8-9,11H2,1H3,(H,19,21). The maximum atomic E-state index is 13.5. The lowest BCUT2D eigenvalue weighted by molar-refractivity contribution is -0.127. The van der Waals surface area contributed by atoms with Crippen molar-refractivity contribution in [1.82, 2.24) is 10.2 Å². The van der Waals surface area contributed by atoms with Crippen molar-refractivity contribution in [2.24, 2.45) is 0 Å². The Bertz CT molecular complexity index is 493. The van der Waals surface area contributed by atoms with E-state index < -0.39 is 0 Å². The van der Waals surface area contributed by atoms with Gasteiger partial charge in [0.2, 0.25) is 5.91 Å². The average Bonchev–Trinajstić information content (AvgIpc) is 2.49. The lowest BCUT2D eigenvalue weighted by Gasteiger charge is -2.34. The van der Waals surface area contributed by atoms with E-state index in [2.05, 4.69) is 33.1 Å². The van der Waals surface area contributed by atoms with Gasteiger partial charge in [-0.1, -0.05) is 19.4 Å². The van der Waals surface area contributed by atoms with Gasteiger partial charge in [-0.3, -0.25) is 9.69 Å². The number of amides is 1. The van der Waals surface area contributed by atoms with Crippen molar-refractivity contribution in [1.29, 1.82) is 0 Å². The Labute approximate surface area is 134 Å². The molecule has 1 fully saturated rings. The summed E-state index contributed by atoms with van der Waals surface area (Å²) in [5.41, 5.74) is 0.780. The number of likely N-dealkylation sites (tertiary alicyclic amines) is 1. The highest BCUT2D eigenvalue weighted by atomic mass is 79.9. The third kappa shape index (κ3) is 4.51. The van der Waals surface area contributed by atoms with Crippen LogP contribution < -0.4 is 5.32 Å². The molecule has 2 rings (SSSR count). The van der Waals surface area contributed by atoms with E-state index in [1.165, 1.54) is 12.5 Å². The molecule has 0 aromatic heterocycles. The molecule has 1 aromatic rings. The van der Waals surface area contributed by atoms with Crippen LogP contribution in [0, 0.1) is 5.82 Å². The number of hydrogen-bond donors (Lipinski definition) is 1. The van der Waals surface area contributed by atoms with E-state index in [0.717, 1.165) is 37.9 Å². The summed E-state index contributed by atoms with van der Waals surface area (Å²) in [6, 6.07) is 4.91. The topological polar surface area (TPSA) is 32.3 Å². The van der Waals surface area contributed by atoms with E-state index in [-0.39, 0.29) is 17.8 Å². The second-order valence-corrected chi connectivity index (χ2v) is 6.37. The Hall–Kier alpha value is -0.940. The van der Waals surface area contributed by atoms with Crippen molar-refractivity contribution in [3.63, 3.8) is 0 Å². The molecule has 0 saturated carbocycles. The minimum atomic E-state index is -0.299. The van der Waals surface area contributed by atoms with Gasteiger partial charge in [0, 0.05) is 6.54 Å². The molecule has 0 aliphatic carbocycles. The predicted molar refractivity (Wildman–Crippen MR) is 85.4 cm³/mol. The van der Waals surface area contributed by atoms with Crippen LogP contribution in [0.1, 0.15) is 38.2 Å². The normalized spacial score (nSPS) is 19.5. The largest absolute Gasteiger partial charge is 0.351 e. The van der Waals surface area contributed by atoms with Crippen LogP contribution in [0.2, 0.25) is 0 Å². The maximum absolute atomic E-state index is 13.5. The van der Waals surface area contributed by atoms with E-state index in [9.17, 15) is 9.18 Å². The van der Waals surface area contributed by atoms with Crippen molar-refractivity contribution >= 4 is 21.8 Å². The van der Waals surface area contributed by atoms with Crippen molar-refractivity contribution in [2.45, 2.75) is 45.2 Å². The van der Waals surface area contributed by atoms with Gasteiger partial charge in [-0.05, 0) is 66.0 Å².